The fraction of sp³-hybridized carbons (Fsp3) is 0.471. The fourth-order valence-electron chi connectivity index (χ4n) is 3.28. The lowest BCUT2D eigenvalue weighted by Gasteiger charge is -2.34. The Morgan fingerprint density at radius 2 is 2.04 bits per heavy atom. The average Bonchev–Trinajstić information content (AvgIpc) is 2.92. The number of piperidine rings is 1. The molecule has 2 N–H and O–H groups in total. The van der Waals surface area contributed by atoms with Gasteiger partial charge in [0.15, 0.2) is 5.82 Å². The molecule has 1 aromatic carbocycles. The Hall–Kier alpha value is -2.09. The van der Waals surface area contributed by atoms with Gasteiger partial charge in [0, 0.05) is 18.7 Å². The van der Waals surface area contributed by atoms with Crippen LogP contribution in [0.25, 0.3) is 11.4 Å². The van der Waals surface area contributed by atoms with Crippen LogP contribution in [0.15, 0.2) is 29.4 Å². The first-order valence-corrected chi connectivity index (χ1v) is 9.29. The van der Waals surface area contributed by atoms with E-state index in [4.69, 9.17) is 5.84 Å². The van der Waals surface area contributed by atoms with Crippen molar-refractivity contribution < 1.29 is 9.18 Å². The molecule has 25 heavy (non-hydrogen) atoms. The molecule has 0 bridgehead atoms. The van der Waals surface area contributed by atoms with Crippen molar-refractivity contribution in [2.24, 2.45) is 11.8 Å². The van der Waals surface area contributed by atoms with Gasteiger partial charge in [-0.15, -0.1) is 10.2 Å². The van der Waals surface area contributed by atoms with Crippen LogP contribution in [0.2, 0.25) is 0 Å². The molecule has 0 saturated carbocycles. The Kier molecular flexibility index (Phi) is 5.27. The van der Waals surface area contributed by atoms with E-state index in [1.807, 2.05) is 4.90 Å². The zero-order chi connectivity index (χ0) is 18.0. The highest BCUT2D eigenvalue weighted by Gasteiger charge is 2.25. The summed E-state index contributed by atoms with van der Waals surface area (Å²) >= 11 is 1.25. The molecule has 2 atom stereocenters. The van der Waals surface area contributed by atoms with Crippen molar-refractivity contribution in [3.63, 3.8) is 0 Å². The van der Waals surface area contributed by atoms with Gasteiger partial charge in [0.2, 0.25) is 11.1 Å². The molecule has 1 aliphatic rings. The van der Waals surface area contributed by atoms with Gasteiger partial charge < -0.3 is 10.7 Å². The Morgan fingerprint density at radius 3 is 2.72 bits per heavy atom. The molecule has 1 saturated heterocycles. The molecule has 0 spiro atoms. The average molecular weight is 363 g/mol. The van der Waals surface area contributed by atoms with Crippen LogP contribution in [0.1, 0.15) is 20.3 Å². The monoisotopic (exact) mass is 363 g/mol. The van der Waals surface area contributed by atoms with Gasteiger partial charge in [0.05, 0.1) is 5.75 Å². The fourth-order valence-corrected chi connectivity index (χ4v) is 4.04. The van der Waals surface area contributed by atoms with Gasteiger partial charge in [0.1, 0.15) is 5.82 Å². The number of thioether (sulfide) groups is 1. The number of halogens is 1. The van der Waals surface area contributed by atoms with Crippen molar-refractivity contribution >= 4 is 17.7 Å². The van der Waals surface area contributed by atoms with Crippen molar-refractivity contribution in [2.45, 2.75) is 25.4 Å². The predicted octanol–water partition coefficient (Wildman–Crippen LogP) is 2.39. The van der Waals surface area contributed by atoms with E-state index in [-0.39, 0.29) is 17.5 Å². The summed E-state index contributed by atoms with van der Waals surface area (Å²) in [6, 6.07) is 6.01. The molecule has 1 amide bonds. The van der Waals surface area contributed by atoms with Gasteiger partial charge >= 0.3 is 0 Å². The van der Waals surface area contributed by atoms with E-state index in [9.17, 15) is 9.18 Å². The number of rotatable bonds is 4. The van der Waals surface area contributed by atoms with E-state index in [1.165, 1.54) is 28.6 Å². The minimum Gasteiger partial charge on any atom is -0.341 e. The van der Waals surface area contributed by atoms with E-state index in [0.717, 1.165) is 19.5 Å². The molecular weight excluding hydrogens is 341 g/mol. The lowest BCUT2D eigenvalue weighted by Crippen LogP contribution is -2.43. The highest BCUT2D eigenvalue weighted by molar-refractivity contribution is 7.99. The number of carbonyl (C=O) groups is 1. The third kappa shape index (κ3) is 4.12. The van der Waals surface area contributed by atoms with Crippen LogP contribution in [0.3, 0.4) is 0 Å². The van der Waals surface area contributed by atoms with Crippen LogP contribution in [-0.4, -0.2) is 44.5 Å². The lowest BCUT2D eigenvalue weighted by atomic mass is 9.92. The summed E-state index contributed by atoms with van der Waals surface area (Å²) in [5.41, 5.74) is 0.548. The largest absolute Gasteiger partial charge is 0.341 e. The zero-order valence-electron chi connectivity index (χ0n) is 14.4. The van der Waals surface area contributed by atoms with Crippen molar-refractivity contribution in [3.05, 3.63) is 30.1 Å². The Balaban J connectivity index is 1.65. The third-order valence-corrected chi connectivity index (χ3v) is 5.22. The molecular formula is C17H22FN5OS. The molecule has 0 radical (unpaired) electrons. The maximum absolute atomic E-state index is 13.4. The summed E-state index contributed by atoms with van der Waals surface area (Å²) in [4.78, 5) is 14.4. The van der Waals surface area contributed by atoms with Crippen molar-refractivity contribution in [1.82, 2.24) is 19.8 Å². The molecule has 1 aromatic heterocycles. The maximum Gasteiger partial charge on any atom is 0.233 e. The molecule has 2 heterocycles. The van der Waals surface area contributed by atoms with Gasteiger partial charge in [-0.05, 0) is 30.4 Å². The van der Waals surface area contributed by atoms with Crippen LogP contribution < -0.4 is 5.84 Å². The molecule has 1 fully saturated rings. The molecule has 2 aromatic rings. The second-order valence-corrected chi connectivity index (χ2v) is 7.66. The molecule has 8 heteroatoms. The number of amides is 1. The SMILES string of the molecule is C[C@@H]1C[C@H](C)CN(C(=O)CSc2nnc(-c3cccc(F)c3)n2N)C1. The highest BCUT2D eigenvalue weighted by atomic mass is 32.2. The maximum atomic E-state index is 13.4. The van der Waals surface area contributed by atoms with Crippen molar-refractivity contribution in [2.75, 3.05) is 24.7 Å². The van der Waals surface area contributed by atoms with E-state index in [1.54, 1.807) is 12.1 Å². The summed E-state index contributed by atoms with van der Waals surface area (Å²) in [6.07, 6.45) is 1.16. The number of hydrogen-bond acceptors (Lipinski definition) is 5. The second-order valence-electron chi connectivity index (χ2n) is 6.72. The number of carbonyl (C=O) groups excluding carboxylic acids is 1. The van der Waals surface area contributed by atoms with Gasteiger partial charge in [-0.25, -0.2) is 9.07 Å². The number of aromatic nitrogens is 3. The number of hydrogen-bond donors (Lipinski definition) is 1. The Morgan fingerprint density at radius 1 is 1.32 bits per heavy atom. The van der Waals surface area contributed by atoms with Crippen LogP contribution in [0.4, 0.5) is 4.39 Å². The van der Waals surface area contributed by atoms with Crippen molar-refractivity contribution in [1.29, 1.82) is 0 Å². The second kappa shape index (κ2) is 7.43. The van der Waals surface area contributed by atoms with Crippen LogP contribution in [-0.2, 0) is 4.79 Å². The topological polar surface area (TPSA) is 77.0 Å². The quantitative estimate of drug-likeness (QED) is 0.667. The van der Waals surface area contributed by atoms with Crippen LogP contribution >= 0.6 is 11.8 Å². The summed E-state index contributed by atoms with van der Waals surface area (Å²) in [5.74, 6) is 7.42. The molecule has 0 aliphatic carbocycles. The summed E-state index contributed by atoms with van der Waals surface area (Å²) in [7, 11) is 0. The van der Waals surface area contributed by atoms with Crippen molar-refractivity contribution in [3.8, 4) is 11.4 Å². The molecule has 0 unspecified atom stereocenters. The first kappa shape index (κ1) is 17.7. The van der Waals surface area contributed by atoms with Gasteiger partial charge in [-0.3, -0.25) is 4.79 Å². The smallest absolute Gasteiger partial charge is 0.233 e. The first-order chi connectivity index (χ1) is 11.9. The molecule has 3 rings (SSSR count). The summed E-state index contributed by atoms with van der Waals surface area (Å²) in [6.45, 7) is 5.94. The molecule has 1 aliphatic heterocycles. The zero-order valence-corrected chi connectivity index (χ0v) is 15.2. The number of likely N-dealkylation sites (tertiary alicyclic amines) is 1. The summed E-state index contributed by atoms with van der Waals surface area (Å²) in [5, 5.41) is 8.48. The lowest BCUT2D eigenvalue weighted by molar-refractivity contribution is -0.130. The van der Waals surface area contributed by atoms with E-state index < -0.39 is 0 Å². The van der Waals surface area contributed by atoms with Crippen LogP contribution in [0, 0.1) is 17.7 Å². The van der Waals surface area contributed by atoms with E-state index in [2.05, 4.69) is 24.0 Å². The number of nitrogens with two attached hydrogens (primary N) is 1. The third-order valence-electron chi connectivity index (χ3n) is 4.29. The predicted molar refractivity (Wildman–Crippen MR) is 95.8 cm³/mol. The first-order valence-electron chi connectivity index (χ1n) is 8.31. The van der Waals surface area contributed by atoms with Gasteiger partial charge in [-0.2, -0.15) is 0 Å². The number of benzene rings is 1. The minimum atomic E-state index is -0.363. The number of nitrogen functional groups attached to an aromatic ring is 1. The molecule has 134 valence electrons. The normalized spacial score (nSPS) is 20.7. The van der Waals surface area contributed by atoms with Gasteiger partial charge in [-0.1, -0.05) is 37.7 Å². The standard InChI is InChI=1S/C17H22FN5OS/c1-11-6-12(2)9-22(8-11)15(24)10-25-17-21-20-16(23(17)19)13-4-3-5-14(18)7-13/h3-5,7,11-12H,6,8-10,19H2,1-2H3/t11-,12+. The molecule has 6 nitrogen and oxygen atoms in total. The van der Waals surface area contributed by atoms with Gasteiger partial charge in [0.25, 0.3) is 0 Å². The minimum absolute atomic E-state index is 0.0821. The van der Waals surface area contributed by atoms with Crippen LogP contribution in [0.5, 0.6) is 0 Å². The number of nitrogens with zero attached hydrogens (tertiary/aromatic N) is 4. The Bertz CT molecular complexity index is 755. The highest BCUT2D eigenvalue weighted by Crippen LogP contribution is 2.24. The van der Waals surface area contributed by atoms with E-state index in [0.29, 0.717) is 28.4 Å². The Labute approximate surface area is 150 Å². The van der Waals surface area contributed by atoms with E-state index >= 15 is 0 Å². The summed E-state index contributed by atoms with van der Waals surface area (Å²) < 4.78 is 14.7.